The maximum atomic E-state index is 11.8. The molecule has 0 bridgehead atoms. The van der Waals surface area contributed by atoms with Crippen molar-refractivity contribution in [2.75, 3.05) is 13.2 Å². The first kappa shape index (κ1) is 13.2. The molecule has 4 nitrogen and oxygen atoms in total. The summed E-state index contributed by atoms with van der Waals surface area (Å²) in [6.45, 7) is 0.788. The van der Waals surface area contributed by atoms with E-state index in [-0.39, 0.29) is 17.9 Å². The molecular formula is C16H20N2O2. The molecule has 1 aliphatic carbocycles. The van der Waals surface area contributed by atoms with Crippen LogP contribution in [0.3, 0.4) is 0 Å². The highest BCUT2D eigenvalue weighted by Gasteiger charge is 2.41. The van der Waals surface area contributed by atoms with Gasteiger partial charge < -0.3 is 15.4 Å². The van der Waals surface area contributed by atoms with Crippen molar-refractivity contribution in [3.63, 3.8) is 0 Å². The predicted octanol–water partition coefficient (Wildman–Crippen LogP) is 1.99. The van der Waals surface area contributed by atoms with Gasteiger partial charge in [-0.3, -0.25) is 4.79 Å². The molecule has 0 aliphatic heterocycles. The average molecular weight is 272 g/mol. The number of aromatic amines is 1. The van der Waals surface area contributed by atoms with Crippen LogP contribution in [0.25, 0.3) is 10.9 Å². The number of amides is 1. The zero-order valence-corrected chi connectivity index (χ0v) is 11.5. The summed E-state index contributed by atoms with van der Waals surface area (Å²) in [5, 5.41) is 13.3. The van der Waals surface area contributed by atoms with Crippen LogP contribution in [0.2, 0.25) is 0 Å². The number of aliphatic hydroxyl groups excluding tert-OH is 1. The van der Waals surface area contributed by atoms with Gasteiger partial charge in [-0.15, -0.1) is 0 Å². The van der Waals surface area contributed by atoms with Gasteiger partial charge in [0, 0.05) is 30.1 Å². The first-order valence-electron chi connectivity index (χ1n) is 7.14. The van der Waals surface area contributed by atoms with E-state index >= 15 is 0 Å². The Balaban J connectivity index is 1.49. The molecule has 0 radical (unpaired) electrons. The number of aryl methyl sites for hydroxylation is 1. The Morgan fingerprint density at radius 3 is 2.95 bits per heavy atom. The maximum absolute atomic E-state index is 11.8. The van der Waals surface area contributed by atoms with Crippen LogP contribution in [0, 0.1) is 5.41 Å². The van der Waals surface area contributed by atoms with Crippen LogP contribution < -0.4 is 5.32 Å². The van der Waals surface area contributed by atoms with Gasteiger partial charge in [-0.25, -0.2) is 0 Å². The van der Waals surface area contributed by atoms with Crippen molar-refractivity contribution in [3.8, 4) is 0 Å². The molecule has 3 N–H and O–H groups in total. The van der Waals surface area contributed by atoms with Crippen LogP contribution in [-0.2, 0) is 11.2 Å². The summed E-state index contributed by atoms with van der Waals surface area (Å²) < 4.78 is 0. The summed E-state index contributed by atoms with van der Waals surface area (Å²) in [4.78, 5) is 15.0. The number of aromatic nitrogens is 1. The van der Waals surface area contributed by atoms with Crippen molar-refractivity contribution < 1.29 is 9.90 Å². The van der Waals surface area contributed by atoms with Crippen molar-refractivity contribution in [2.45, 2.75) is 25.7 Å². The van der Waals surface area contributed by atoms with E-state index < -0.39 is 0 Å². The molecule has 2 aromatic rings. The Labute approximate surface area is 118 Å². The highest BCUT2D eigenvalue weighted by molar-refractivity contribution is 5.80. The van der Waals surface area contributed by atoms with E-state index in [1.54, 1.807) is 0 Å². The minimum Gasteiger partial charge on any atom is -0.396 e. The van der Waals surface area contributed by atoms with Gasteiger partial charge in [0.15, 0.2) is 0 Å². The van der Waals surface area contributed by atoms with E-state index in [0.717, 1.165) is 24.8 Å². The fourth-order valence-corrected chi connectivity index (χ4v) is 2.46. The lowest BCUT2D eigenvalue weighted by molar-refractivity contribution is -0.121. The number of H-pyrrole nitrogens is 1. The first-order chi connectivity index (χ1) is 9.71. The summed E-state index contributed by atoms with van der Waals surface area (Å²) >= 11 is 0. The van der Waals surface area contributed by atoms with Crippen LogP contribution in [0.15, 0.2) is 30.5 Å². The van der Waals surface area contributed by atoms with Crippen molar-refractivity contribution in [1.29, 1.82) is 0 Å². The Morgan fingerprint density at radius 2 is 2.20 bits per heavy atom. The maximum Gasteiger partial charge on any atom is 0.220 e. The summed E-state index contributed by atoms with van der Waals surface area (Å²) in [5.41, 5.74) is 2.28. The van der Waals surface area contributed by atoms with Gasteiger partial charge in [-0.05, 0) is 48.4 Å². The molecule has 1 fully saturated rings. The van der Waals surface area contributed by atoms with Gasteiger partial charge >= 0.3 is 0 Å². The number of rotatable bonds is 6. The lowest BCUT2D eigenvalue weighted by atomic mass is 10.1. The topological polar surface area (TPSA) is 65.1 Å². The third-order valence-electron chi connectivity index (χ3n) is 4.21. The fourth-order valence-electron chi connectivity index (χ4n) is 2.46. The van der Waals surface area contributed by atoms with E-state index in [1.165, 1.54) is 10.9 Å². The number of carbonyl (C=O) groups is 1. The average Bonchev–Trinajstić information content (AvgIpc) is 3.11. The van der Waals surface area contributed by atoms with Gasteiger partial charge in [0.1, 0.15) is 0 Å². The van der Waals surface area contributed by atoms with E-state index in [0.29, 0.717) is 13.0 Å². The molecule has 1 aromatic heterocycles. The van der Waals surface area contributed by atoms with Crippen LogP contribution >= 0.6 is 0 Å². The zero-order valence-electron chi connectivity index (χ0n) is 11.5. The fraction of sp³-hybridized carbons (Fsp3) is 0.438. The molecular weight excluding hydrogens is 252 g/mol. The summed E-state index contributed by atoms with van der Waals surface area (Å²) in [5.74, 6) is 0.0684. The summed E-state index contributed by atoms with van der Waals surface area (Å²) in [6, 6.07) is 8.27. The quantitative estimate of drug-likeness (QED) is 0.753. The van der Waals surface area contributed by atoms with Crippen molar-refractivity contribution in [1.82, 2.24) is 10.3 Å². The SMILES string of the molecule is O=C(CCc1ccc2[nH]ccc2c1)NCC1(CO)CC1. The van der Waals surface area contributed by atoms with Gasteiger partial charge in [0.05, 0.1) is 6.61 Å². The minimum absolute atomic E-state index is 0.0142. The molecule has 0 atom stereocenters. The number of hydrogen-bond acceptors (Lipinski definition) is 2. The molecule has 0 unspecified atom stereocenters. The normalized spacial score (nSPS) is 16.2. The molecule has 1 saturated carbocycles. The molecule has 106 valence electrons. The Bertz CT molecular complexity index is 614. The molecule has 0 saturated heterocycles. The summed E-state index contributed by atoms with van der Waals surface area (Å²) in [7, 11) is 0. The Hall–Kier alpha value is -1.81. The number of nitrogens with one attached hydrogen (secondary N) is 2. The second kappa shape index (κ2) is 5.29. The molecule has 1 amide bonds. The lowest BCUT2D eigenvalue weighted by Crippen LogP contribution is -2.31. The van der Waals surface area contributed by atoms with Gasteiger partial charge in [-0.2, -0.15) is 0 Å². The van der Waals surface area contributed by atoms with Crippen LogP contribution in [0.1, 0.15) is 24.8 Å². The first-order valence-corrected chi connectivity index (χ1v) is 7.14. The lowest BCUT2D eigenvalue weighted by Gasteiger charge is -2.12. The van der Waals surface area contributed by atoms with Gasteiger partial charge in [0.2, 0.25) is 5.91 Å². The highest BCUT2D eigenvalue weighted by atomic mass is 16.3. The van der Waals surface area contributed by atoms with E-state index in [1.807, 2.05) is 18.3 Å². The molecule has 4 heteroatoms. The number of fused-ring (bicyclic) bond motifs is 1. The van der Waals surface area contributed by atoms with Crippen LogP contribution in [-0.4, -0.2) is 29.1 Å². The number of aliphatic hydroxyl groups is 1. The third kappa shape index (κ3) is 2.85. The van der Waals surface area contributed by atoms with E-state index in [9.17, 15) is 9.90 Å². The van der Waals surface area contributed by atoms with Crippen LogP contribution in [0.5, 0.6) is 0 Å². The van der Waals surface area contributed by atoms with E-state index in [2.05, 4.69) is 22.4 Å². The van der Waals surface area contributed by atoms with Crippen molar-refractivity contribution in [2.24, 2.45) is 5.41 Å². The minimum atomic E-state index is -0.0142. The smallest absolute Gasteiger partial charge is 0.220 e. The number of carbonyl (C=O) groups excluding carboxylic acids is 1. The predicted molar refractivity (Wildman–Crippen MR) is 78.4 cm³/mol. The Morgan fingerprint density at radius 1 is 1.35 bits per heavy atom. The largest absolute Gasteiger partial charge is 0.396 e. The second-order valence-electron chi connectivity index (χ2n) is 5.83. The highest BCUT2D eigenvalue weighted by Crippen LogP contribution is 2.44. The molecule has 1 heterocycles. The third-order valence-corrected chi connectivity index (χ3v) is 4.21. The second-order valence-corrected chi connectivity index (χ2v) is 5.83. The van der Waals surface area contributed by atoms with Crippen molar-refractivity contribution in [3.05, 3.63) is 36.0 Å². The van der Waals surface area contributed by atoms with Crippen molar-refractivity contribution >= 4 is 16.8 Å². The summed E-state index contributed by atoms with van der Waals surface area (Å²) in [6.07, 6.45) is 5.21. The van der Waals surface area contributed by atoms with Gasteiger partial charge in [0.25, 0.3) is 0 Å². The Kier molecular flexibility index (Phi) is 3.49. The zero-order chi connectivity index (χ0) is 14.0. The van der Waals surface area contributed by atoms with Gasteiger partial charge in [-0.1, -0.05) is 6.07 Å². The van der Waals surface area contributed by atoms with E-state index in [4.69, 9.17) is 0 Å². The van der Waals surface area contributed by atoms with Crippen LogP contribution in [0.4, 0.5) is 0 Å². The standard InChI is InChI=1S/C16H20N2O2/c19-11-16(6-7-16)10-18-15(20)4-2-12-1-3-14-13(9-12)5-8-17-14/h1,3,5,8-9,17,19H,2,4,6-7,10-11H2,(H,18,20). The molecule has 3 rings (SSSR count). The molecule has 20 heavy (non-hydrogen) atoms. The molecule has 1 aliphatic rings. The molecule has 0 spiro atoms. The number of hydrogen-bond donors (Lipinski definition) is 3. The monoisotopic (exact) mass is 272 g/mol. The number of benzene rings is 1. The molecule has 1 aromatic carbocycles.